The molecule has 0 spiro atoms. The first-order chi connectivity index (χ1) is 10.1. The van der Waals surface area contributed by atoms with Crippen molar-refractivity contribution < 1.29 is 14.6 Å². The van der Waals surface area contributed by atoms with Crippen molar-refractivity contribution in [2.45, 2.75) is 50.5 Å². The molecule has 1 saturated carbocycles. The number of fused-ring (bicyclic) bond motifs is 1. The van der Waals surface area contributed by atoms with Crippen LogP contribution in [0.4, 0.5) is 0 Å². The molecule has 0 radical (unpaired) electrons. The van der Waals surface area contributed by atoms with Crippen molar-refractivity contribution in [3.63, 3.8) is 0 Å². The van der Waals surface area contributed by atoms with Gasteiger partial charge in [-0.15, -0.1) is 0 Å². The van der Waals surface area contributed by atoms with Crippen molar-refractivity contribution in [2.75, 3.05) is 13.2 Å². The molecule has 2 N–H and O–H groups in total. The molecule has 0 unspecified atom stereocenters. The first kappa shape index (κ1) is 14.4. The fourth-order valence-electron chi connectivity index (χ4n) is 3.31. The van der Waals surface area contributed by atoms with E-state index in [0.717, 1.165) is 50.9 Å². The largest absolute Gasteiger partial charge is 0.493 e. The number of ether oxygens (including phenoxy) is 1. The molecule has 0 aromatic heterocycles. The van der Waals surface area contributed by atoms with Crippen LogP contribution in [0.2, 0.25) is 0 Å². The third-order valence-corrected chi connectivity index (χ3v) is 4.51. The molecular weight excluding hydrogens is 266 g/mol. The summed E-state index contributed by atoms with van der Waals surface area (Å²) in [7, 11) is 0. The minimum Gasteiger partial charge on any atom is -0.493 e. The van der Waals surface area contributed by atoms with Crippen molar-refractivity contribution in [2.24, 2.45) is 0 Å². The molecule has 1 amide bonds. The summed E-state index contributed by atoms with van der Waals surface area (Å²) >= 11 is 0. The van der Waals surface area contributed by atoms with E-state index in [1.165, 1.54) is 11.1 Å². The fraction of sp³-hybridized carbons (Fsp3) is 0.588. The number of nitrogens with one attached hydrogen (secondary N) is 1. The van der Waals surface area contributed by atoms with Crippen molar-refractivity contribution in [3.8, 4) is 5.75 Å². The Kier molecular flexibility index (Phi) is 4.15. The van der Waals surface area contributed by atoms with Gasteiger partial charge in [-0.3, -0.25) is 4.79 Å². The molecule has 0 saturated heterocycles. The lowest BCUT2D eigenvalue weighted by atomic mass is 9.97. The number of rotatable bonds is 5. The van der Waals surface area contributed by atoms with E-state index in [4.69, 9.17) is 4.74 Å². The summed E-state index contributed by atoms with van der Waals surface area (Å²) in [5.41, 5.74) is 1.73. The second-order valence-corrected chi connectivity index (χ2v) is 6.25. The lowest BCUT2D eigenvalue weighted by Crippen LogP contribution is -2.35. The zero-order valence-electron chi connectivity index (χ0n) is 12.4. The maximum Gasteiger partial charge on any atom is 0.222 e. The van der Waals surface area contributed by atoms with Crippen LogP contribution in [0.25, 0.3) is 0 Å². The Labute approximate surface area is 125 Å². The van der Waals surface area contributed by atoms with Crippen molar-refractivity contribution in [1.82, 2.24) is 5.32 Å². The second-order valence-electron chi connectivity index (χ2n) is 6.25. The van der Waals surface area contributed by atoms with Crippen LogP contribution in [0.1, 0.15) is 43.2 Å². The van der Waals surface area contributed by atoms with Crippen LogP contribution in [-0.4, -0.2) is 29.8 Å². The van der Waals surface area contributed by atoms with Crippen LogP contribution in [0.5, 0.6) is 5.75 Å². The van der Waals surface area contributed by atoms with Gasteiger partial charge in [0.05, 0.1) is 18.6 Å². The molecule has 2 aliphatic rings. The molecule has 114 valence electrons. The average molecular weight is 289 g/mol. The lowest BCUT2D eigenvalue weighted by Gasteiger charge is -2.21. The van der Waals surface area contributed by atoms with Gasteiger partial charge in [0, 0.05) is 13.0 Å². The zero-order chi connectivity index (χ0) is 14.7. The predicted molar refractivity (Wildman–Crippen MR) is 80.4 cm³/mol. The van der Waals surface area contributed by atoms with E-state index >= 15 is 0 Å². The van der Waals surface area contributed by atoms with Gasteiger partial charge in [-0.25, -0.2) is 0 Å². The highest BCUT2D eigenvalue weighted by atomic mass is 16.5. The molecule has 3 rings (SSSR count). The van der Waals surface area contributed by atoms with Gasteiger partial charge < -0.3 is 15.2 Å². The molecule has 4 heteroatoms. The van der Waals surface area contributed by atoms with Gasteiger partial charge in [0.1, 0.15) is 5.75 Å². The molecule has 4 nitrogen and oxygen atoms in total. The molecule has 0 bridgehead atoms. The third kappa shape index (κ3) is 3.56. The standard InChI is InChI=1S/C17H23NO3/c19-16(12-17(20)7-1-2-8-17)18-9-5-13-3-4-15-14(11-13)6-10-21-15/h3-4,11,20H,1-2,5-10,12H2,(H,18,19). The van der Waals surface area contributed by atoms with E-state index in [1.54, 1.807) is 0 Å². The van der Waals surface area contributed by atoms with Crippen LogP contribution in [0, 0.1) is 0 Å². The Bertz CT molecular complexity index is 521. The van der Waals surface area contributed by atoms with Crippen LogP contribution in [0.3, 0.4) is 0 Å². The topological polar surface area (TPSA) is 58.6 Å². The van der Waals surface area contributed by atoms with E-state index in [0.29, 0.717) is 6.54 Å². The molecule has 1 aromatic carbocycles. The second kappa shape index (κ2) is 6.06. The maximum atomic E-state index is 11.9. The smallest absolute Gasteiger partial charge is 0.222 e. The Morgan fingerprint density at radius 2 is 2.14 bits per heavy atom. The SMILES string of the molecule is O=C(CC1(O)CCCC1)NCCc1ccc2c(c1)CCO2. The summed E-state index contributed by atoms with van der Waals surface area (Å²) in [5.74, 6) is 0.954. The molecule has 0 atom stereocenters. The minimum absolute atomic E-state index is 0.0381. The quantitative estimate of drug-likeness (QED) is 0.871. The molecule has 1 heterocycles. The predicted octanol–water partition coefficient (Wildman–Crippen LogP) is 1.98. The Hall–Kier alpha value is -1.55. The van der Waals surface area contributed by atoms with Gasteiger partial charge in [-0.1, -0.05) is 25.0 Å². The number of amides is 1. The highest BCUT2D eigenvalue weighted by Gasteiger charge is 2.33. The lowest BCUT2D eigenvalue weighted by molar-refractivity contribution is -0.125. The maximum absolute atomic E-state index is 11.9. The highest BCUT2D eigenvalue weighted by Crippen LogP contribution is 2.32. The highest BCUT2D eigenvalue weighted by molar-refractivity contribution is 5.77. The fourth-order valence-corrected chi connectivity index (χ4v) is 3.31. The van der Waals surface area contributed by atoms with Gasteiger partial charge in [0.2, 0.25) is 5.91 Å². The molecular formula is C17H23NO3. The molecule has 1 fully saturated rings. The number of carbonyl (C=O) groups is 1. The summed E-state index contributed by atoms with van der Waals surface area (Å²) < 4.78 is 5.48. The van der Waals surface area contributed by atoms with Gasteiger partial charge in [0.15, 0.2) is 0 Å². The number of benzene rings is 1. The van der Waals surface area contributed by atoms with E-state index in [-0.39, 0.29) is 12.3 Å². The van der Waals surface area contributed by atoms with E-state index < -0.39 is 5.60 Å². The van der Waals surface area contributed by atoms with Crippen molar-refractivity contribution >= 4 is 5.91 Å². The van der Waals surface area contributed by atoms with Crippen LogP contribution in [-0.2, 0) is 17.6 Å². The summed E-state index contributed by atoms with van der Waals surface area (Å²) in [6, 6.07) is 6.24. The van der Waals surface area contributed by atoms with Crippen LogP contribution >= 0.6 is 0 Å². The van der Waals surface area contributed by atoms with Crippen LogP contribution < -0.4 is 10.1 Å². The Morgan fingerprint density at radius 1 is 1.33 bits per heavy atom. The number of hydrogen-bond acceptors (Lipinski definition) is 3. The van der Waals surface area contributed by atoms with Crippen LogP contribution in [0.15, 0.2) is 18.2 Å². The molecule has 1 aliphatic carbocycles. The monoisotopic (exact) mass is 289 g/mol. The van der Waals surface area contributed by atoms with E-state index in [2.05, 4.69) is 17.4 Å². The number of carbonyl (C=O) groups excluding carboxylic acids is 1. The van der Waals surface area contributed by atoms with Crippen molar-refractivity contribution in [1.29, 1.82) is 0 Å². The summed E-state index contributed by atoms with van der Waals surface area (Å²) in [6.07, 6.45) is 5.60. The third-order valence-electron chi connectivity index (χ3n) is 4.51. The minimum atomic E-state index is -0.755. The van der Waals surface area contributed by atoms with Gasteiger partial charge in [-0.05, 0) is 36.5 Å². The first-order valence-corrected chi connectivity index (χ1v) is 7.88. The normalized spacial score (nSPS) is 19.1. The van der Waals surface area contributed by atoms with Gasteiger partial charge >= 0.3 is 0 Å². The summed E-state index contributed by atoms with van der Waals surface area (Å²) in [6.45, 7) is 1.39. The first-order valence-electron chi connectivity index (χ1n) is 7.88. The molecule has 1 aromatic rings. The average Bonchev–Trinajstić information content (AvgIpc) is 3.07. The Balaban J connectivity index is 1.44. The van der Waals surface area contributed by atoms with Crippen molar-refractivity contribution in [3.05, 3.63) is 29.3 Å². The van der Waals surface area contributed by atoms with E-state index in [1.807, 2.05) is 6.07 Å². The van der Waals surface area contributed by atoms with E-state index in [9.17, 15) is 9.90 Å². The van der Waals surface area contributed by atoms with Gasteiger partial charge in [0.25, 0.3) is 0 Å². The summed E-state index contributed by atoms with van der Waals surface area (Å²) in [4.78, 5) is 11.9. The number of aliphatic hydroxyl groups is 1. The zero-order valence-corrected chi connectivity index (χ0v) is 12.4. The van der Waals surface area contributed by atoms with Gasteiger partial charge in [-0.2, -0.15) is 0 Å². The molecule has 1 aliphatic heterocycles. The molecule has 21 heavy (non-hydrogen) atoms. The Morgan fingerprint density at radius 3 is 2.95 bits per heavy atom. The summed E-state index contributed by atoms with van der Waals surface area (Å²) in [5, 5.41) is 13.1. The number of hydrogen-bond donors (Lipinski definition) is 2.